The van der Waals surface area contributed by atoms with Crippen molar-refractivity contribution in [3.8, 4) is 0 Å². The molecule has 28 heavy (non-hydrogen) atoms. The van der Waals surface area contributed by atoms with Crippen LogP contribution < -0.4 is 15.4 Å². The fourth-order valence-corrected chi connectivity index (χ4v) is 3.16. The highest BCUT2D eigenvalue weighted by molar-refractivity contribution is 7.89. The van der Waals surface area contributed by atoms with Gasteiger partial charge in [-0.1, -0.05) is 18.2 Å². The summed E-state index contributed by atoms with van der Waals surface area (Å²) in [5.41, 5.74) is 0.204. The molecule has 0 saturated heterocycles. The summed E-state index contributed by atoms with van der Waals surface area (Å²) in [6.45, 7) is -0.327. The molecule has 0 aromatic heterocycles. The van der Waals surface area contributed by atoms with Crippen molar-refractivity contribution >= 4 is 27.5 Å². The SMILES string of the molecule is O=C(CNC(=O)c1ccccc1)NCCNS(=O)(=O)c1ccc([N+](=O)[O-])cc1. The molecule has 148 valence electrons. The Bertz CT molecular complexity index is 945. The second-order valence-electron chi connectivity index (χ2n) is 5.55. The number of benzene rings is 2. The van der Waals surface area contributed by atoms with Crippen LogP contribution in [0.3, 0.4) is 0 Å². The molecule has 10 nitrogen and oxygen atoms in total. The minimum atomic E-state index is -3.86. The minimum Gasteiger partial charge on any atom is -0.353 e. The maximum atomic E-state index is 12.1. The number of hydrogen-bond donors (Lipinski definition) is 3. The number of carbonyl (C=O) groups is 2. The Morgan fingerprint density at radius 2 is 1.57 bits per heavy atom. The second kappa shape index (κ2) is 9.58. The predicted octanol–water partition coefficient (Wildman–Crippen LogP) is 0.419. The Morgan fingerprint density at radius 1 is 0.929 bits per heavy atom. The molecule has 0 atom stereocenters. The van der Waals surface area contributed by atoms with Crippen molar-refractivity contribution in [3.63, 3.8) is 0 Å². The van der Waals surface area contributed by atoms with Gasteiger partial charge in [-0.3, -0.25) is 19.7 Å². The summed E-state index contributed by atoms with van der Waals surface area (Å²) < 4.78 is 26.4. The molecule has 2 rings (SSSR count). The average Bonchev–Trinajstić information content (AvgIpc) is 2.70. The zero-order valence-electron chi connectivity index (χ0n) is 14.6. The number of carbonyl (C=O) groups excluding carboxylic acids is 2. The van der Waals surface area contributed by atoms with E-state index in [1.807, 2.05) is 0 Å². The number of sulfonamides is 1. The van der Waals surface area contributed by atoms with Crippen LogP contribution in [0.25, 0.3) is 0 Å². The molecule has 0 aliphatic rings. The van der Waals surface area contributed by atoms with Crippen molar-refractivity contribution in [3.05, 3.63) is 70.3 Å². The normalized spacial score (nSPS) is 10.9. The van der Waals surface area contributed by atoms with Crippen LogP contribution in [0.5, 0.6) is 0 Å². The van der Waals surface area contributed by atoms with Crippen molar-refractivity contribution in [2.75, 3.05) is 19.6 Å². The van der Waals surface area contributed by atoms with Crippen LogP contribution in [0.15, 0.2) is 59.5 Å². The fourth-order valence-electron chi connectivity index (χ4n) is 2.13. The maximum absolute atomic E-state index is 12.1. The Balaban J connectivity index is 1.73. The Labute approximate surface area is 161 Å². The maximum Gasteiger partial charge on any atom is 0.269 e. The molecule has 2 amide bonds. The summed E-state index contributed by atoms with van der Waals surface area (Å²) in [5.74, 6) is -0.867. The molecular weight excluding hydrogens is 388 g/mol. The number of nitrogens with one attached hydrogen (secondary N) is 3. The molecule has 0 unspecified atom stereocenters. The van der Waals surface area contributed by atoms with E-state index in [9.17, 15) is 28.1 Å². The van der Waals surface area contributed by atoms with Gasteiger partial charge in [0.1, 0.15) is 0 Å². The van der Waals surface area contributed by atoms with E-state index in [0.717, 1.165) is 24.3 Å². The van der Waals surface area contributed by atoms with Crippen LogP contribution in [0.1, 0.15) is 10.4 Å². The van der Waals surface area contributed by atoms with Gasteiger partial charge in [-0.05, 0) is 24.3 Å². The number of amides is 2. The minimum absolute atomic E-state index is 0.00620. The lowest BCUT2D eigenvalue weighted by Crippen LogP contribution is -2.40. The van der Waals surface area contributed by atoms with Crippen molar-refractivity contribution in [1.29, 1.82) is 0 Å². The molecule has 0 heterocycles. The van der Waals surface area contributed by atoms with Crippen LogP contribution in [-0.4, -0.2) is 44.8 Å². The number of nitro groups is 1. The van der Waals surface area contributed by atoms with Gasteiger partial charge in [0.25, 0.3) is 11.6 Å². The molecule has 2 aromatic carbocycles. The second-order valence-corrected chi connectivity index (χ2v) is 7.31. The van der Waals surface area contributed by atoms with Crippen molar-refractivity contribution in [2.24, 2.45) is 0 Å². The first kappa shape index (κ1) is 21.0. The monoisotopic (exact) mass is 406 g/mol. The number of rotatable bonds is 9. The molecule has 0 spiro atoms. The smallest absolute Gasteiger partial charge is 0.269 e. The fraction of sp³-hybridized carbons (Fsp3) is 0.176. The van der Waals surface area contributed by atoms with Crippen LogP contribution in [0.2, 0.25) is 0 Å². The van der Waals surface area contributed by atoms with Gasteiger partial charge < -0.3 is 10.6 Å². The van der Waals surface area contributed by atoms with Gasteiger partial charge in [-0.25, -0.2) is 13.1 Å². The summed E-state index contributed by atoms with van der Waals surface area (Å²) >= 11 is 0. The molecule has 0 aliphatic carbocycles. The van der Waals surface area contributed by atoms with Gasteiger partial charge in [-0.2, -0.15) is 0 Å². The lowest BCUT2D eigenvalue weighted by molar-refractivity contribution is -0.384. The van der Waals surface area contributed by atoms with E-state index in [4.69, 9.17) is 0 Å². The van der Waals surface area contributed by atoms with E-state index in [-0.39, 0.29) is 30.2 Å². The summed E-state index contributed by atoms with van der Waals surface area (Å²) in [5, 5.41) is 15.5. The van der Waals surface area contributed by atoms with Gasteiger partial charge in [0, 0.05) is 30.8 Å². The summed E-state index contributed by atoms with van der Waals surface area (Å²) in [6.07, 6.45) is 0. The first-order chi connectivity index (χ1) is 13.3. The highest BCUT2D eigenvalue weighted by atomic mass is 32.2. The molecular formula is C17H18N4O6S. The molecule has 0 radical (unpaired) electrons. The topological polar surface area (TPSA) is 148 Å². The van der Waals surface area contributed by atoms with Crippen molar-refractivity contribution in [2.45, 2.75) is 4.90 Å². The van der Waals surface area contributed by atoms with E-state index in [2.05, 4.69) is 15.4 Å². The van der Waals surface area contributed by atoms with E-state index in [0.29, 0.717) is 5.56 Å². The third-order valence-corrected chi connectivity index (χ3v) is 5.02. The highest BCUT2D eigenvalue weighted by Crippen LogP contribution is 2.15. The third kappa shape index (κ3) is 6.14. The average molecular weight is 406 g/mol. The number of nitrogens with zero attached hydrogens (tertiary/aromatic N) is 1. The standard InChI is InChI=1S/C17H18N4O6S/c22-16(12-19-17(23)13-4-2-1-3-5-13)18-10-11-20-28(26,27)15-8-6-14(7-9-15)21(24)25/h1-9,20H,10-12H2,(H,18,22)(H,19,23). The molecule has 11 heteroatoms. The molecule has 3 N–H and O–H groups in total. The first-order valence-corrected chi connectivity index (χ1v) is 9.62. The molecule has 0 bridgehead atoms. The summed E-state index contributed by atoms with van der Waals surface area (Å²) in [6, 6.07) is 12.8. The first-order valence-electron chi connectivity index (χ1n) is 8.13. The molecule has 2 aromatic rings. The lowest BCUT2D eigenvalue weighted by atomic mass is 10.2. The Hall–Kier alpha value is -3.31. The van der Waals surface area contributed by atoms with E-state index in [1.165, 1.54) is 0 Å². The van der Waals surface area contributed by atoms with Crippen molar-refractivity contribution in [1.82, 2.24) is 15.4 Å². The zero-order chi connectivity index (χ0) is 20.6. The van der Waals surface area contributed by atoms with Gasteiger partial charge in [0.15, 0.2) is 0 Å². The van der Waals surface area contributed by atoms with E-state index >= 15 is 0 Å². The molecule has 0 aliphatic heterocycles. The van der Waals surface area contributed by atoms with E-state index < -0.39 is 26.8 Å². The molecule has 0 fully saturated rings. The quantitative estimate of drug-likeness (QED) is 0.312. The number of non-ortho nitro benzene ring substituents is 1. The van der Waals surface area contributed by atoms with Gasteiger partial charge in [0.2, 0.25) is 15.9 Å². The van der Waals surface area contributed by atoms with E-state index in [1.54, 1.807) is 30.3 Å². The Morgan fingerprint density at radius 3 is 2.18 bits per heavy atom. The molecule has 0 saturated carbocycles. The summed E-state index contributed by atoms with van der Waals surface area (Å²) in [7, 11) is -3.86. The predicted molar refractivity (Wildman–Crippen MR) is 100 cm³/mol. The van der Waals surface area contributed by atoms with Crippen molar-refractivity contribution < 1.29 is 22.9 Å². The van der Waals surface area contributed by atoms with Crippen LogP contribution >= 0.6 is 0 Å². The van der Waals surface area contributed by atoms with Crippen LogP contribution in [0.4, 0.5) is 5.69 Å². The van der Waals surface area contributed by atoms with Gasteiger partial charge >= 0.3 is 0 Å². The summed E-state index contributed by atoms with van der Waals surface area (Å²) in [4.78, 5) is 33.3. The number of hydrogen-bond acceptors (Lipinski definition) is 6. The third-order valence-electron chi connectivity index (χ3n) is 3.54. The zero-order valence-corrected chi connectivity index (χ0v) is 15.4. The highest BCUT2D eigenvalue weighted by Gasteiger charge is 2.15. The lowest BCUT2D eigenvalue weighted by Gasteiger charge is -2.09. The van der Waals surface area contributed by atoms with Crippen LogP contribution in [0, 0.1) is 10.1 Å². The van der Waals surface area contributed by atoms with Gasteiger partial charge in [0.05, 0.1) is 16.4 Å². The Kier molecular flexibility index (Phi) is 7.18. The number of nitro benzene ring substituents is 1. The largest absolute Gasteiger partial charge is 0.353 e. The van der Waals surface area contributed by atoms with Crippen LogP contribution in [-0.2, 0) is 14.8 Å². The van der Waals surface area contributed by atoms with Gasteiger partial charge in [-0.15, -0.1) is 0 Å².